The fourth-order valence-electron chi connectivity index (χ4n) is 4.50. The maximum atomic E-state index is 13.0. The van der Waals surface area contributed by atoms with E-state index in [1.54, 1.807) is 25.3 Å². The molecule has 0 atom stereocenters. The van der Waals surface area contributed by atoms with E-state index in [2.05, 4.69) is 48.9 Å². The number of hydrogen-bond donors (Lipinski definition) is 2. The molecule has 0 unspecified atom stereocenters. The SMILES string of the molecule is Cc1nn(-c2ncccc2Cl)c(=O)c2cnc(Nc3ccc4c(c3)CNCC43CC3)nc12. The van der Waals surface area contributed by atoms with Crippen LogP contribution in [-0.4, -0.2) is 31.3 Å². The average Bonchev–Trinajstić information content (AvgIpc) is 3.57. The lowest BCUT2D eigenvalue weighted by atomic mass is 9.88. The number of benzene rings is 1. The molecule has 2 aliphatic rings. The summed E-state index contributed by atoms with van der Waals surface area (Å²) in [6.45, 7) is 3.73. The molecule has 2 N–H and O–H groups in total. The molecule has 8 nitrogen and oxygen atoms in total. The third kappa shape index (κ3) is 3.06. The van der Waals surface area contributed by atoms with Crippen molar-refractivity contribution in [2.75, 3.05) is 11.9 Å². The van der Waals surface area contributed by atoms with Crippen molar-refractivity contribution in [1.29, 1.82) is 0 Å². The van der Waals surface area contributed by atoms with E-state index in [0.29, 0.717) is 33.0 Å². The maximum Gasteiger partial charge on any atom is 0.284 e. The molecule has 6 rings (SSSR count). The van der Waals surface area contributed by atoms with Crippen LogP contribution in [0.25, 0.3) is 16.7 Å². The van der Waals surface area contributed by atoms with E-state index >= 15 is 0 Å². The third-order valence-electron chi connectivity index (χ3n) is 6.31. The van der Waals surface area contributed by atoms with Crippen LogP contribution in [0.15, 0.2) is 47.5 Å². The van der Waals surface area contributed by atoms with Crippen molar-refractivity contribution < 1.29 is 0 Å². The summed E-state index contributed by atoms with van der Waals surface area (Å²) in [5.41, 5.74) is 4.73. The molecular formula is C23H20ClN7O. The van der Waals surface area contributed by atoms with Crippen LogP contribution in [-0.2, 0) is 12.0 Å². The van der Waals surface area contributed by atoms with E-state index in [9.17, 15) is 4.79 Å². The summed E-state index contributed by atoms with van der Waals surface area (Å²) in [6, 6.07) is 9.81. The maximum absolute atomic E-state index is 13.0. The number of fused-ring (bicyclic) bond motifs is 3. The number of anilines is 2. The van der Waals surface area contributed by atoms with Crippen molar-refractivity contribution >= 4 is 34.1 Å². The van der Waals surface area contributed by atoms with Crippen LogP contribution < -0.4 is 16.2 Å². The van der Waals surface area contributed by atoms with E-state index in [0.717, 1.165) is 18.8 Å². The monoisotopic (exact) mass is 445 g/mol. The van der Waals surface area contributed by atoms with E-state index in [-0.39, 0.29) is 11.4 Å². The molecule has 0 amide bonds. The van der Waals surface area contributed by atoms with Crippen LogP contribution in [0.4, 0.5) is 11.6 Å². The molecule has 1 spiro atoms. The zero-order valence-corrected chi connectivity index (χ0v) is 18.1. The molecule has 1 saturated carbocycles. The molecule has 0 bridgehead atoms. The minimum absolute atomic E-state index is 0.280. The second-order valence-corrected chi connectivity index (χ2v) is 8.86. The summed E-state index contributed by atoms with van der Waals surface area (Å²) in [6.07, 6.45) is 5.59. The largest absolute Gasteiger partial charge is 0.324 e. The Balaban J connectivity index is 1.37. The minimum Gasteiger partial charge on any atom is -0.324 e. The molecule has 4 heterocycles. The Hall–Kier alpha value is -3.36. The Kier molecular flexibility index (Phi) is 4.28. The number of rotatable bonds is 3. The van der Waals surface area contributed by atoms with E-state index in [1.807, 2.05) is 0 Å². The molecule has 9 heteroatoms. The predicted octanol–water partition coefficient (Wildman–Crippen LogP) is 3.41. The summed E-state index contributed by atoms with van der Waals surface area (Å²) in [5.74, 6) is 0.697. The number of pyridine rings is 1. The van der Waals surface area contributed by atoms with Crippen LogP contribution in [0.5, 0.6) is 0 Å². The van der Waals surface area contributed by atoms with Crippen molar-refractivity contribution in [2.45, 2.75) is 31.7 Å². The van der Waals surface area contributed by atoms with E-state index < -0.39 is 0 Å². The molecule has 1 aliphatic carbocycles. The van der Waals surface area contributed by atoms with Crippen molar-refractivity contribution in [3.05, 3.63) is 74.9 Å². The first kappa shape index (κ1) is 19.3. The van der Waals surface area contributed by atoms with Gasteiger partial charge in [0.2, 0.25) is 5.95 Å². The van der Waals surface area contributed by atoms with Gasteiger partial charge >= 0.3 is 0 Å². The van der Waals surface area contributed by atoms with Gasteiger partial charge < -0.3 is 10.6 Å². The first-order valence-corrected chi connectivity index (χ1v) is 10.9. The average molecular weight is 446 g/mol. The smallest absolute Gasteiger partial charge is 0.284 e. The lowest BCUT2D eigenvalue weighted by Gasteiger charge is -2.26. The summed E-state index contributed by atoms with van der Waals surface area (Å²) < 4.78 is 1.20. The highest BCUT2D eigenvalue weighted by Crippen LogP contribution is 2.50. The van der Waals surface area contributed by atoms with E-state index in [1.165, 1.54) is 34.8 Å². The van der Waals surface area contributed by atoms with Gasteiger partial charge in [-0.1, -0.05) is 17.7 Å². The van der Waals surface area contributed by atoms with Crippen LogP contribution in [0.2, 0.25) is 5.02 Å². The second kappa shape index (κ2) is 7.08. The van der Waals surface area contributed by atoms with Crippen LogP contribution in [0.3, 0.4) is 0 Å². The van der Waals surface area contributed by atoms with Crippen molar-refractivity contribution in [3.8, 4) is 5.82 Å². The third-order valence-corrected chi connectivity index (χ3v) is 6.60. The zero-order valence-electron chi connectivity index (χ0n) is 17.4. The van der Waals surface area contributed by atoms with Gasteiger partial charge in [-0.25, -0.2) is 15.0 Å². The molecule has 1 aliphatic heterocycles. The van der Waals surface area contributed by atoms with Gasteiger partial charge in [-0.05, 0) is 55.2 Å². The first-order chi connectivity index (χ1) is 15.5. The summed E-state index contributed by atoms with van der Waals surface area (Å²) in [4.78, 5) is 26.2. The molecule has 0 radical (unpaired) electrons. The number of nitrogens with zero attached hydrogens (tertiary/aromatic N) is 5. The fraction of sp³-hybridized carbons (Fsp3) is 0.261. The number of hydrogen-bond acceptors (Lipinski definition) is 7. The van der Waals surface area contributed by atoms with Gasteiger partial charge in [0.25, 0.3) is 5.56 Å². The Labute approximate surface area is 188 Å². The van der Waals surface area contributed by atoms with Crippen molar-refractivity contribution in [1.82, 2.24) is 30.0 Å². The Bertz CT molecular complexity index is 1440. The lowest BCUT2D eigenvalue weighted by molar-refractivity contribution is 0.531. The van der Waals surface area contributed by atoms with Crippen molar-refractivity contribution in [3.63, 3.8) is 0 Å². The van der Waals surface area contributed by atoms with Gasteiger partial charge in [-0.15, -0.1) is 0 Å². The van der Waals surface area contributed by atoms with Gasteiger partial charge in [0.1, 0.15) is 5.52 Å². The molecule has 160 valence electrons. The minimum atomic E-state index is -0.368. The number of halogens is 1. The highest BCUT2D eigenvalue weighted by molar-refractivity contribution is 6.32. The molecule has 0 saturated heterocycles. The van der Waals surface area contributed by atoms with Crippen LogP contribution in [0.1, 0.15) is 29.7 Å². The van der Waals surface area contributed by atoms with E-state index in [4.69, 9.17) is 11.6 Å². The highest BCUT2D eigenvalue weighted by Gasteiger charge is 2.46. The predicted molar refractivity (Wildman–Crippen MR) is 123 cm³/mol. The summed E-state index contributed by atoms with van der Waals surface area (Å²) in [7, 11) is 0. The molecule has 1 aromatic carbocycles. The second-order valence-electron chi connectivity index (χ2n) is 8.45. The summed E-state index contributed by atoms with van der Waals surface area (Å²) >= 11 is 6.21. The Morgan fingerprint density at radius 1 is 1.22 bits per heavy atom. The van der Waals surface area contributed by atoms with Gasteiger partial charge in [0.05, 0.1) is 16.1 Å². The van der Waals surface area contributed by atoms with Gasteiger partial charge in [0, 0.05) is 36.6 Å². The topological polar surface area (TPSA) is 97.6 Å². The molecule has 3 aromatic heterocycles. The van der Waals surface area contributed by atoms with Crippen LogP contribution in [0, 0.1) is 6.92 Å². The number of aromatic nitrogens is 5. The normalized spacial score (nSPS) is 16.2. The molecule has 32 heavy (non-hydrogen) atoms. The fourth-order valence-corrected chi connectivity index (χ4v) is 4.70. The van der Waals surface area contributed by atoms with Crippen LogP contribution >= 0.6 is 11.6 Å². The molecular weight excluding hydrogens is 426 g/mol. The van der Waals surface area contributed by atoms with Gasteiger partial charge in [-0.3, -0.25) is 4.79 Å². The van der Waals surface area contributed by atoms with Crippen molar-refractivity contribution in [2.24, 2.45) is 0 Å². The Morgan fingerprint density at radius 2 is 2.09 bits per heavy atom. The molecule has 1 fully saturated rings. The summed E-state index contributed by atoms with van der Waals surface area (Å²) in [5, 5.41) is 11.9. The number of nitrogens with one attached hydrogen (secondary N) is 2. The standard InChI is InChI=1S/C23H20ClN7O/c1-13-19-16(21(32)31(30-13)20-18(24)3-2-8-26-20)11-27-22(29-19)28-15-4-5-17-14(9-15)10-25-12-23(17)6-7-23/h2-5,8-9,11,25H,6-7,10,12H2,1H3,(H,27,28,29). The Morgan fingerprint density at radius 3 is 2.91 bits per heavy atom. The van der Waals surface area contributed by atoms with Gasteiger partial charge in [-0.2, -0.15) is 9.78 Å². The zero-order chi connectivity index (χ0) is 21.9. The number of aryl methyl sites for hydroxylation is 1. The first-order valence-electron chi connectivity index (χ1n) is 10.5. The molecule has 4 aromatic rings. The van der Waals surface area contributed by atoms with Gasteiger partial charge in [0.15, 0.2) is 5.82 Å². The quantitative estimate of drug-likeness (QED) is 0.498. The highest BCUT2D eigenvalue weighted by atomic mass is 35.5. The lowest BCUT2D eigenvalue weighted by Crippen LogP contribution is -2.33.